The molecule has 152 valence electrons. The van der Waals surface area contributed by atoms with E-state index in [0.717, 1.165) is 5.56 Å². The fourth-order valence-corrected chi connectivity index (χ4v) is 3.74. The first kappa shape index (κ1) is 21.4. The molecule has 0 saturated carbocycles. The van der Waals surface area contributed by atoms with E-state index >= 15 is 0 Å². The molecule has 0 aliphatic heterocycles. The van der Waals surface area contributed by atoms with Crippen molar-refractivity contribution in [1.29, 1.82) is 0 Å². The molecule has 0 spiro atoms. The molecule has 0 aliphatic carbocycles. The number of carboxylic acid groups (broad SMARTS) is 1. The molecule has 1 aromatic carbocycles. The summed E-state index contributed by atoms with van der Waals surface area (Å²) in [5.74, 6) is 0.569. The van der Waals surface area contributed by atoms with Gasteiger partial charge in [0.15, 0.2) is 11.5 Å². The van der Waals surface area contributed by atoms with Crippen LogP contribution in [0.25, 0.3) is 0 Å². The third-order valence-corrected chi connectivity index (χ3v) is 5.31. The van der Waals surface area contributed by atoms with Gasteiger partial charge in [0.2, 0.25) is 11.7 Å². The topological polar surface area (TPSA) is 169 Å². The smallest absolute Gasteiger partial charge is 0.321 e. The van der Waals surface area contributed by atoms with Crippen LogP contribution in [-0.2, 0) is 4.79 Å². The summed E-state index contributed by atoms with van der Waals surface area (Å²) in [6, 6.07) is 2.45. The Kier molecular flexibility index (Phi) is 7.12. The second-order valence-corrected chi connectivity index (χ2v) is 6.82. The number of thioether (sulfide) groups is 1. The van der Waals surface area contributed by atoms with E-state index in [4.69, 9.17) is 36.5 Å². The van der Waals surface area contributed by atoms with Crippen LogP contribution in [-0.4, -0.2) is 54.2 Å². The fraction of sp³-hybridized carbons (Fsp3) is 0.353. The number of rotatable bonds is 9. The minimum atomic E-state index is -1.10. The largest absolute Gasteiger partial charge is 0.493 e. The Morgan fingerprint density at radius 3 is 2.25 bits per heavy atom. The number of aliphatic carboxylic acids is 1. The summed E-state index contributed by atoms with van der Waals surface area (Å²) in [4.78, 5) is 19.1. The van der Waals surface area contributed by atoms with Crippen molar-refractivity contribution < 1.29 is 24.1 Å². The number of nitrogens with two attached hydrogens (primary N) is 3. The molecule has 1 aromatic heterocycles. The molecule has 0 saturated heterocycles. The van der Waals surface area contributed by atoms with Crippen molar-refractivity contribution in [2.24, 2.45) is 5.73 Å². The van der Waals surface area contributed by atoms with Gasteiger partial charge in [-0.1, -0.05) is 0 Å². The number of anilines is 2. The zero-order valence-electron chi connectivity index (χ0n) is 15.7. The molecule has 0 aliphatic rings. The van der Waals surface area contributed by atoms with E-state index in [9.17, 15) is 4.79 Å². The highest BCUT2D eigenvalue weighted by Gasteiger charge is 2.25. The Labute approximate surface area is 166 Å². The summed E-state index contributed by atoms with van der Waals surface area (Å²) in [7, 11) is 4.51. The molecule has 1 heterocycles. The van der Waals surface area contributed by atoms with Crippen molar-refractivity contribution in [1.82, 2.24) is 9.97 Å². The van der Waals surface area contributed by atoms with E-state index < -0.39 is 17.3 Å². The van der Waals surface area contributed by atoms with Gasteiger partial charge in [0.25, 0.3) is 0 Å². The highest BCUT2D eigenvalue weighted by molar-refractivity contribution is 7.99. The summed E-state index contributed by atoms with van der Waals surface area (Å²) >= 11 is 1.28. The van der Waals surface area contributed by atoms with Crippen LogP contribution >= 0.6 is 11.8 Å². The molecular weight excluding hydrogens is 386 g/mol. The highest BCUT2D eigenvalue weighted by Crippen LogP contribution is 2.45. The molecule has 28 heavy (non-hydrogen) atoms. The monoisotopic (exact) mass is 409 g/mol. The first-order valence-corrected chi connectivity index (χ1v) is 9.15. The van der Waals surface area contributed by atoms with Crippen molar-refractivity contribution in [2.45, 2.75) is 11.3 Å². The molecule has 2 unspecified atom stereocenters. The summed E-state index contributed by atoms with van der Waals surface area (Å²) in [6.07, 6.45) is 1.50. The predicted octanol–water partition coefficient (Wildman–Crippen LogP) is 0.901. The third-order valence-electron chi connectivity index (χ3n) is 3.90. The highest BCUT2D eigenvalue weighted by atomic mass is 32.2. The second-order valence-electron chi connectivity index (χ2n) is 5.69. The number of methoxy groups -OCH3 is 3. The lowest BCUT2D eigenvalue weighted by molar-refractivity contribution is -0.137. The maximum absolute atomic E-state index is 11.1. The Morgan fingerprint density at radius 1 is 1.18 bits per heavy atom. The van der Waals surface area contributed by atoms with Crippen LogP contribution in [0, 0.1) is 0 Å². The minimum Gasteiger partial charge on any atom is -0.493 e. The lowest BCUT2D eigenvalue weighted by Gasteiger charge is -2.22. The van der Waals surface area contributed by atoms with Crippen LogP contribution in [0.5, 0.6) is 17.2 Å². The summed E-state index contributed by atoms with van der Waals surface area (Å²) < 4.78 is 16.2. The molecular formula is C17H23N5O5S. The number of hydrogen-bond acceptors (Lipinski definition) is 10. The number of benzene rings is 1. The predicted molar refractivity (Wildman–Crippen MR) is 107 cm³/mol. The number of nitrogens with zero attached hydrogens (tertiary/aromatic N) is 2. The molecule has 2 aromatic rings. The molecule has 7 N–H and O–H groups in total. The number of carboxylic acids is 1. The standard InChI is InChI=1S/C17H23N5O5S/c1-25-11-4-8(5-12(26-2)13(11)27-3)14(28-7-10(18)16(23)24)9-6-21-17(20)22-15(9)19/h4-6,10,14H,7,18H2,1-3H3,(H,23,24)(H4,19,20,21,22). The lowest BCUT2D eigenvalue weighted by Crippen LogP contribution is -2.32. The number of ether oxygens (including phenoxy) is 3. The van der Waals surface area contributed by atoms with Gasteiger partial charge in [0, 0.05) is 17.5 Å². The summed E-state index contributed by atoms with van der Waals surface area (Å²) in [5.41, 5.74) is 18.6. The summed E-state index contributed by atoms with van der Waals surface area (Å²) in [6.45, 7) is 0. The third kappa shape index (κ3) is 4.67. The van der Waals surface area contributed by atoms with Crippen molar-refractivity contribution in [2.75, 3.05) is 38.5 Å². The molecule has 11 heteroatoms. The zero-order valence-corrected chi connectivity index (χ0v) is 16.5. The van der Waals surface area contributed by atoms with E-state index in [1.807, 2.05) is 0 Å². The lowest BCUT2D eigenvalue weighted by atomic mass is 10.0. The maximum Gasteiger partial charge on any atom is 0.321 e. The second kappa shape index (κ2) is 9.33. The van der Waals surface area contributed by atoms with Crippen LogP contribution in [0.3, 0.4) is 0 Å². The van der Waals surface area contributed by atoms with Gasteiger partial charge < -0.3 is 36.5 Å². The zero-order chi connectivity index (χ0) is 20.8. The molecule has 0 radical (unpaired) electrons. The van der Waals surface area contributed by atoms with Gasteiger partial charge in [0.1, 0.15) is 11.9 Å². The van der Waals surface area contributed by atoms with E-state index in [1.165, 1.54) is 39.3 Å². The number of nitrogen functional groups attached to an aromatic ring is 2. The van der Waals surface area contributed by atoms with Crippen LogP contribution in [0.4, 0.5) is 11.8 Å². The average molecular weight is 409 g/mol. The average Bonchev–Trinajstić information content (AvgIpc) is 2.67. The number of aromatic nitrogens is 2. The Hall–Kier alpha value is -2.92. The van der Waals surface area contributed by atoms with E-state index in [0.29, 0.717) is 22.8 Å². The van der Waals surface area contributed by atoms with Crippen molar-refractivity contribution in [3.63, 3.8) is 0 Å². The van der Waals surface area contributed by atoms with Crippen molar-refractivity contribution in [3.05, 3.63) is 29.5 Å². The van der Waals surface area contributed by atoms with Crippen molar-refractivity contribution >= 4 is 29.5 Å². The van der Waals surface area contributed by atoms with Gasteiger partial charge in [-0.15, -0.1) is 11.8 Å². The van der Waals surface area contributed by atoms with E-state index in [1.54, 1.807) is 12.1 Å². The quantitative estimate of drug-likeness (QED) is 0.464. The molecule has 0 fully saturated rings. The van der Waals surface area contributed by atoms with Crippen molar-refractivity contribution in [3.8, 4) is 17.2 Å². The fourth-order valence-electron chi connectivity index (χ4n) is 2.51. The minimum absolute atomic E-state index is 0.0390. The molecule has 0 amide bonds. The molecule has 10 nitrogen and oxygen atoms in total. The van der Waals surface area contributed by atoms with Gasteiger partial charge in [-0.2, -0.15) is 4.98 Å². The van der Waals surface area contributed by atoms with Gasteiger partial charge in [-0.05, 0) is 17.7 Å². The van der Waals surface area contributed by atoms with E-state index in [-0.39, 0.29) is 17.5 Å². The normalized spacial score (nSPS) is 12.9. The van der Waals surface area contributed by atoms with Gasteiger partial charge in [-0.25, -0.2) is 4.98 Å². The first-order chi connectivity index (χ1) is 13.3. The van der Waals surface area contributed by atoms with Gasteiger partial charge in [0.05, 0.1) is 26.6 Å². The van der Waals surface area contributed by atoms with Gasteiger partial charge >= 0.3 is 5.97 Å². The Morgan fingerprint density at radius 2 is 1.79 bits per heavy atom. The van der Waals surface area contributed by atoms with Gasteiger partial charge in [-0.3, -0.25) is 4.79 Å². The Balaban J connectivity index is 2.56. The van der Waals surface area contributed by atoms with Crippen LogP contribution in [0.1, 0.15) is 16.4 Å². The first-order valence-electron chi connectivity index (χ1n) is 8.10. The number of hydrogen-bond donors (Lipinski definition) is 4. The van der Waals surface area contributed by atoms with Crippen LogP contribution < -0.4 is 31.4 Å². The van der Waals surface area contributed by atoms with Crippen LogP contribution in [0.15, 0.2) is 18.3 Å². The molecule has 2 rings (SSSR count). The van der Waals surface area contributed by atoms with E-state index in [2.05, 4.69) is 9.97 Å². The molecule has 2 atom stereocenters. The maximum atomic E-state index is 11.1. The Bertz CT molecular complexity index is 826. The SMILES string of the molecule is COc1cc(C(SCC(N)C(=O)O)c2cnc(N)nc2N)cc(OC)c1OC. The van der Waals surface area contributed by atoms with Crippen LogP contribution in [0.2, 0.25) is 0 Å². The number of carbonyl (C=O) groups is 1. The summed E-state index contributed by atoms with van der Waals surface area (Å²) in [5, 5.41) is 8.65. The molecule has 0 bridgehead atoms.